The summed E-state index contributed by atoms with van der Waals surface area (Å²) in [6.07, 6.45) is 14.1. The highest BCUT2D eigenvalue weighted by atomic mass is 16.5. The number of ketones is 1. The van der Waals surface area contributed by atoms with Crippen LogP contribution in [0.15, 0.2) is 48.6 Å². The Morgan fingerprint density at radius 3 is 2.24 bits per heavy atom. The molecule has 1 rings (SSSR count). The average Bonchev–Trinajstić information content (AvgIpc) is 2.58. The summed E-state index contributed by atoms with van der Waals surface area (Å²) in [6.45, 7) is 6.26. The molecule has 25 heavy (non-hydrogen) atoms. The molecule has 0 N–H and O–H groups in total. The summed E-state index contributed by atoms with van der Waals surface area (Å²) in [6, 6.07) is 5.75. The van der Waals surface area contributed by atoms with E-state index in [-0.39, 0.29) is 11.2 Å². The van der Waals surface area contributed by atoms with Gasteiger partial charge in [-0.1, -0.05) is 51.2 Å². The molecule has 0 aromatic heterocycles. The minimum atomic E-state index is 0.0587. The number of methoxy groups -OCH3 is 2. The smallest absolute Gasteiger partial charge is 0.155 e. The van der Waals surface area contributed by atoms with Crippen molar-refractivity contribution >= 4 is 11.9 Å². The molecule has 1 aromatic rings. The maximum absolute atomic E-state index is 11.7. The zero-order valence-corrected chi connectivity index (χ0v) is 16.0. The van der Waals surface area contributed by atoms with Crippen LogP contribution in [0, 0.1) is 5.41 Å². The van der Waals surface area contributed by atoms with Crippen molar-refractivity contribution in [1.82, 2.24) is 0 Å². The Morgan fingerprint density at radius 1 is 1.04 bits per heavy atom. The number of benzene rings is 1. The number of hydrogen-bond donors (Lipinski definition) is 0. The van der Waals surface area contributed by atoms with Gasteiger partial charge in [0.05, 0.1) is 14.2 Å². The number of ether oxygens (including phenoxy) is 2. The standard InChI is InChI=1S/C22H30O3/c1-22(2,3)14-13-19(23)12-10-8-6-7-9-11-18-15-20(24-4)17-21(16-18)25-5/h6-7,9,11,13-17H,8,10,12H2,1-5H3/b7-6+,11-9+,14-13+. The van der Waals surface area contributed by atoms with Crippen molar-refractivity contribution in [2.75, 3.05) is 14.2 Å². The van der Waals surface area contributed by atoms with E-state index in [0.29, 0.717) is 6.42 Å². The van der Waals surface area contributed by atoms with Crippen LogP contribution in [-0.2, 0) is 4.79 Å². The van der Waals surface area contributed by atoms with E-state index in [2.05, 4.69) is 26.8 Å². The van der Waals surface area contributed by atoms with Gasteiger partial charge in [-0.25, -0.2) is 0 Å². The predicted molar refractivity (Wildman–Crippen MR) is 105 cm³/mol. The van der Waals surface area contributed by atoms with Gasteiger partial charge in [-0.3, -0.25) is 4.79 Å². The Bertz CT molecular complexity index is 609. The molecule has 0 amide bonds. The second kappa shape index (κ2) is 10.5. The summed E-state index contributed by atoms with van der Waals surface area (Å²) >= 11 is 0. The molecule has 0 aliphatic heterocycles. The number of hydrogen-bond acceptors (Lipinski definition) is 3. The van der Waals surface area contributed by atoms with E-state index in [9.17, 15) is 4.79 Å². The van der Waals surface area contributed by atoms with E-state index in [4.69, 9.17) is 9.47 Å². The van der Waals surface area contributed by atoms with Crippen LogP contribution in [0.1, 0.15) is 45.6 Å². The first-order chi connectivity index (χ1) is 11.8. The molecule has 0 spiro atoms. The maximum atomic E-state index is 11.7. The molecule has 0 aliphatic carbocycles. The number of allylic oxidation sites excluding steroid dienone is 5. The summed E-state index contributed by atoms with van der Waals surface area (Å²) in [5, 5.41) is 0. The van der Waals surface area contributed by atoms with E-state index in [1.165, 1.54) is 0 Å². The predicted octanol–water partition coefficient (Wildman–Crippen LogP) is 5.61. The molecule has 0 fully saturated rings. The second-order valence-electron chi connectivity index (χ2n) is 6.99. The Morgan fingerprint density at radius 2 is 1.68 bits per heavy atom. The van der Waals surface area contributed by atoms with Crippen LogP contribution in [0.3, 0.4) is 0 Å². The van der Waals surface area contributed by atoms with Crippen molar-refractivity contribution in [1.29, 1.82) is 0 Å². The van der Waals surface area contributed by atoms with Gasteiger partial charge in [0.25, 0.3) is 0 Å². The minimum absolute atomic E-state index is 0.0587. The first-order valence-corrected chi connectivity index (χ1v) is 8.62. The molecular weight excluding hydrogens is 312 g/mol. The quantitative estimate of drug-likeness (QED) is 0.332. The molecule has 0 aliphatic rings. The summed E-state index contributed by atoms with van der Waals surface area (Å²) in [5.74, 6) is 1.73. The molecule has 0 unspecified atom stereocenters. The van der Waals surface area contributed by atoms with Crippen LogP contribution in [0.5, 0.6) is 11.5 Å². The first kappa shape index (κ1) is 20.8. The van der Waals surface area contributed by atoms with Gasteiger partial charge in [0.1, 0.15) is 11.5 Å². The van der Waals surface area contributed by atoms with Gasteiger partial charge in [-0.15, -0.1) is 0 Å². The third kappa shape index (κ3) is 9.55. The van der Waals surface area contributed by atoms with Crippen LogP contribution >= 0.6 is 0 Å². The monoisotopic (exact) mass is 342 g/mol. The van der Waals surface area contributed by atoms with Crippen LogP contribution in [0.25, 0.3) is 6.08 Å². The maximum Gasteiger partial charge on any atom is 0.155 e. The van der Waals surface area contributed by atoms with Gasteiger partial charge >= 0.3 is 0 Å². The van der Waals surface area contributed by atoms with E-state index < -0.39 is 0 Å². The van der Waals surface area contributed by atoms with Crippen LogP contribution in [0.4, 0.5) is 0 Å². The minimum Gasteiger partial charge on any atom is -0.497 e. The van der Waals surface area contributed by atoms with Crippen molar-refractivity contribution in [3.05, 3.63) is 54.1 Å². The molecule has 0 radical (unpaired) electrons. The molecule has 1 aromatic carbocycles. The van der Waals surface area contributed by atoms with Crippen molar-refractivity contribution < 1.29 is 14.3 Å². The highest BCUT2D eigenvalue weighted by molar-refractivity contribution is 5.89. The van der Waals surface area contributed by atoms with Gasteiger partial charge in [0.2, 0.25) is 0 Å². The zero-order valence-electron chi connectivity index (χ0n) is 16.0. The number of carbonyl (C=O) groups excluding carboxylic acids is 1. The lowest BCUT2D eigenvalue weighted by Gasteiger charge is -2.10. The van der Waals surface area contributed by atoms with Gasteiger partial charge in [0.15, 0.2) is 5.78 Å². The lowest BCUT2D eigenvalue weighted by molar-refractivity contribution is -0.114. The van der Waals surface area contributed by atoms with Crippen molar-refractivity contribution in [3.63, 3.8) is 0 Å². The molecule has 136 valence electrons. The molecule has 0 atom stereocenters. The van der Waals surface area contributed by atoms with Crippen molar-refractivity contribution in [3.8, 4) is 11.5 Å². The zero-order chi connectivity index (χ0) is 18.7. The SMILES string of the molecule is COc1cc(/C=C/C=C/CCCC(=O)/C=C/C(C)(C)C)cc(OC)c1. The summed E-state index contributed by atoms with van der Waals surface area (Å²) in [4.78, 5) is 11.7. The van der Waals surface area contributed by atoms with Crippen molar-refractivity contribution in [2.24, 2.45) is 5.41 Å². The highest BCUT2D eigenvalue weighted by Crippen LogP contribution is 2.23. The number of carbonyl (C=O) groups is 1. The van der Waals surface area contributed by atoms with E-state index in [1.54, 1.807) is 20.3 Å². The second-order valence-corrected chi connectivity index (χ2v) is 6.99. The average molecular weight is 342 g/mol. The Kier molecular flexibility index (Phi) is 8.76. The molecule has 3 heteroatoms. The van der Waals surface area contributed by atoms with Crippen LogP contribution in [0.2, 0.25) is 0 Å². The third-order valence-electron chi connectivity index (χ3n) is 3.47. The lowest BCUT2D eigenvalue weighted by atomic mass is 9.95. The van der Waals surface area contributed by atoms with Gasteiger partial charge in [0, 0.05) is 12.5 Å². The normalized spacial score (nSPS) is 12.4. The van der Waals surface area contributed by atoms with Crippen LogP contribution < -0.4 is 9.47 Å². The Labute approximate surface area is 152 Å². The Balaban J connectivity index is 2.40. The van der Waals surface area contributed by atoms with E-state index >= 15 is 0 Å². The Hall–Kier alpha value is -2.29. The molecule has 3 nitrogen and oxygen atoms in total. The summed E-state index contributed by atoms with van der Waals surface area (Å²) < 4.78 is 10.5. The molecule has 0 saturated carbocycles. The van der Waals surface area contributed by atoms with E-state index in [1.807, 2.05) is 42.5 Å². The largest absolute Gasteiger partial charge is 0.497 e. The number of unbranched alkanes of at least 4 members (excludes halogenated alkanes) is 1. The summed E-state index contributed by atoms with van der Waals surface area (Å²) in [7, 11) is 3.28. The van der Waals surface area contributed by atoms with E-state index in [0.717, 1.165) is 29.9 Å². The van der Waals surface area contributed by atoms with Crippen molar-refractivity contribution in [2.45, 2.75) is 40.0 Å². The lowest BCUT2D eigenvalue weighted by Crippen LogP contribution is -2.01. The topological polar surface area (TPSA) is 35.5 Å². The highest BCUT2D eigenvalue weighted by Gasteiger charge is 2.05. The third-order valence-corrected chi connectivity index (χ3v) is 3.47. The number of rotatable bonds is 9. The molecule has 0 saturated heterocycles. The molecule has 0 heterocycles. The molecule has 0 bridgehead atoms. The fourth-order valence-corrected chi connectivity index (χ4v) is 2.09. The van der Waals surface area contributed by atoms with Gasteiger partial charge in [-0.2, -0.15) is 0 Å². The van der Waals surface area contributed by atoms with Gasteiger partial charge < -0.3 is 9.47 Å². The van der Waals surface area contributed by atoms with Crippen LogP contribution in [-0.4, -0.2) is 20.0 Å². The molecular formula is C22H30O3. The van der Waals surface area contributed by atoms with Gasteiger partial charge in [-0.05, 0) is 42.0 Å². The first-order valence-electron chi connectivity index (χ1n) is 8.62. The fraction of sp³-hybridized carbons (Fsp3) is 0.409. The fourth-order valence-electron chi connectivity index (χ4n) is 2.09. The summed E-state index contributed by atoms with van der Waals surface area (Å²) in [5.41, 5.74) is 1.08.